The van der Waals surface area contributed by atoms with E-state index in [1.165, 1.54) is 51.4 Å². The van der Waals surface area contributed by atoms with Gasteiger partial charge in [-0.3, -0.25) is 4.67 Å². The molecule has 0 heterocycles. The van der Waals surface area contributed by atoms with Crippen LogP contribution in [0.15, 0.2) is 0 Å². The average molecular weight is 185 g/mol. The predicted molar refractivity (Wildman–Crippen MR) is 56.1 cm³/mol. The Balaban J connectivity index is 1.84. The van der Waals surface area contributed by atoms with Gasteiger partial charge in [0.25, 0.3) is 0 Å². The standard InChI is InChI=1S/C10H20NP/c12-11(9-5-1-2-6-9)10-7-3-4-8-10/h9-10H,1-8,12H2. The Morgan fingerprint density at radius 2 is 1.08 bits per heavy atom. The Morgan fingerprint density at radius 3 is 1.42 bits per heavy atom. The fourth-order valence-corrected chi connectivity index (χ4v) is 3.30. The average Bonchev–Trinajstić information content (AvgIpc) is 2.77. The SMILES string of the molecule is PN(C1CCCC1)C1CCCC1. The Labute approximate surface area is 78.2 Å². The summed E-state index contributed by atoms with van der Waals surface area (Å²) in [5.74, 6) is 0. The van der Waals surface area contributed by atoms with Gasteiger partial charge < -0.3 is 0 Å². The van der Waals surface area contributed by atoms with Gasteiger partial charge in [-0.1, -0.05) is 35.1 Å². The molecule has 0 saturated heterocycles. The van der Waals surface area contributed by atoms with Crippen molar-refractivity contribution in [2.45, 2.75) is 63.5 Å². The smallest absolute Gasteiger partial charge is 0.0132 e. The molecule has 0 amide bonds. The maximum atomic E-state index is 2.98. The molecule has 0 bridgehead atoms. The summed E-state index contributed by atoms with van der Waals surface area (Å²) in [7, 11) is 2.98. The number of rotatable bonds is 2. The van der Waals surface area contributed by atoms with Gasteiger partial charge in [0.15, 0.2) is 0 Å². The molecule has 2 heteroatoms. The van der Waals surface area contributed by atoms with E-state index in [2.05, 4.69) is 14.1 Å². The molecule has 2 aliphatic rings. The molecular formula is C10H20NP. The zero-order chi connectivity index (χ0) is 8.39. The van der Waals surface area contributed by atoms with Gasteiger partial charge in [0, 0.05) is 12.1 Å². The van der Waals surface area contributed by atoms with E-state index in [0.29, 0.717) is 0 Å². The van der Waals surface area contributed by atoms with Crippen LogP contribution in [0.5, 0.6) is 0 Å². The van der Waals surface area contributed by atoms with E-state index in [1.807, 2.05) is 0 Å². The topological polar surface area (TPSA) is 3.24 Å². The van der Waals surface area contributed by atoms with Crippen molar-refractivity contribution in [2.75, 3.05) is 0 Å². The molecule has 1 atom stereocenters. The van der Waals surface area contributed by atoms with Gasteiger partial charge in [-0.25, -0.2) is 0 Å². The summed E-state index contributed by atoms with van der Waals surface area (Å²) in [6, 6.07) is 1.80. The normalized spacial score (nSPS) is 27.5. The van der Waals surface area contributed by atoms with E-state index in [4.69, 9.17) is 0 Å². The highest BCUT2D eigenvalue weighted by molar-refractivity contribution is 7.13. The number of hydrogen-bond acceptors (Lipinski definition) is 1. The largest absolute Gasteiger partial charge is 0.281 e. The summed E-state index contributed by atoms with van der Waals surface area (Å²) in [6.07, 6.45) is 11.6. The Kier molecular flexibility index (Phi) is 3.04. The molecular weight excluding hydrogens is 165 g/mol. The lowest BCUT2D eigenvalue weighted by molar-refractivity contribution is 0.276. The van der Waals surface area contributed by atoms with Gasteiger partial charge in [-0.05, 0) is 25.7 Å². The van der Waals surface area contributed by atoms with Crippen LogP contribution in [0.1, 0.15) is 51.4 Å². The van der Waals surface area contributed by atoms with E-state index >= 15 is 0 Å². The molecule has 0 N–H and O–H groups in total. The minimum Gasteiger partial charge on any atom is -0.281 e. The van der Waals surface area contributed by atoms with E-state index in [-0.39, 0.29) is 0 Å². The first-order chi connectivity index (χ1) is 5.88. The van der Waals surface area contributed by atoms with Gasteiger partial charge >= 0.3 is 0 Å². The Hall–Kier alpha value is 0.390. The summed E-state index contributed by atoms with van der Waals surface area (Å²) < 4.78 is 2.60. The van der Waals surface area contributed by atoms with Crippen LogP contribution >= 0.6 is 9.39 Å². The van der Waals surface area contributed by atoms with Gasteiger partial charge in [-0.2, -0.15) is 0 Å². The van der Waals surface area contributed by atoms with Crippen molar-refractivity contribution in [3.8, 4) is 0 Å². The van der Waals surface area contributed by atoms with Crippen LogP contribution in [0.4, 0.5) is 0 Å². The van der Waals surface area contributed by atoms with Crippen LogP contribution in [0.2, 0.25) is 0 Å². The molecule has 1 nitrogen and oxygen atoms in total. The summed E-state index contributed by atoms with van der Waals surface area (Å²) >= 11 is 0. The van der Waals surface area contributed by atoms with Crippen LogP contribution in [-0.2, 0) is 0 Å². The summed E-state index contributed by atoms with van der Waals surface area (Å²) in [4.78, 5) is 0. The third-order valence-corrected chi connectivity index (χ3v) is 4.34. The Morgan fingerprint density at radius 1 is 0.750 bits per heavy atom. The molecule has 70 valence electrons. The van der Waals surface area contributed by atoms with Crippen LogP contribution in [-0.4, -0.2) is 16.8 Å². The third kappa shape index (κ3) is 1.83. The molecule has 2 fully saturated rings. The predicted octanol–water partition coefficient (Wildman–Crippen LogP) is 2.96. The van der Waals surface area contributed by atoms with Crippen molar-refractivity contribution in [1.29, 1.82) is 0 Å². The van der Waals surface area contributed by atoms with Crippen molar-refractivity contribution in [1.82, 2.24) is 4.67 Å². The van der Waals surface area contributed by atoms with Crippen molar-refractivity contribution in [2.24, 2.45) is 0 Å². The summed E-state index contributed by atoms with van der Waals surface area (Å²) in [5.41, 5.74) is 0. The molecule has 2 aliphatic carbocycles. The highest BCUT2D eigenvalue weighted by atomic mass is 31.0. The third-order valence-electron chi connectivity index (χ3n) is 3.49. The van der Waals surface area contributed by atoms with Crippen molar-refractivity contribution in [3.63, 3.8) is 0 Å². The van der Waals surface area contributed by atoms with E-state index in [0.717, 1.165) is 12.1 Å². The van der Waals surface area contributed by atoms with E-state index < -0.39 is 0 Å². The first kappa shape index (κ1) is 8.97. The zero-order valence-electron chi connectivity index (χ0n) is 7.84. The highest BCUT2D eigenvalue weighted by Crippen LogP contribution is 2.33. The molecule has 0 aromatic rings. The first-order valence-corrected chi connectivity index (χ1v) is 5.92. The fourth-order valence-electron chi connectivity index (χ4n) is 2.70. The lowest BCUT2D eigenvalue weighted by atomic mass is 10.2. The van der Waals surface area contributed by atoms with Crippen LogP contribution in [0, 0.1) is 0 Å². The number of nitrogens with zero attached hydrogens (tertiary/aromatic N) is 1. The minimum atomic E-state index is 0.901. The lowest BCUT2D eigenvalue weighted by Gasteiger charge is -2.29. The van der Waals surface area contributed by atoms with E-state index in [1.54, 1.807) is 0 Å². The second-order valence-electron chi connectivity index (χ2n) is 4.32. The summed E-state index contributed by atoms with van der Waals surface area (Å²) in [5, 5.41) is 0. The first-order valence-electron chi connectivity index (χ1n) is 5.41. The molecule has 0 radical (unpaired) electrons. The van der Waals surface area contributed by atoms with Crippen molar-refractivity contribution >= 4 is 9.39 Å². The second-order valence-corrected chi connectivity index (χ2v) is 4.92. The molecule has 0 aromatic carbocycles. The summed E-state index contributed by atoms with van der Waals surface area (Å²) in [6.45, 7) is 0. The zero-order valence-corrected chi connectivity index (χ0v) is 8.99. The number of hydrogen-bond donors (Lipinski definition) is 0. The van der Waals surface area contributed by atoms with Crippen LogP contribution < -0.4 is 0 Å². The van der Waals surface area contributed by atoms with Crippen molar-refractivity contribution < 1.29 is 0 Å². The van der Waals surface area contributed by atoms with Crippen molar-refractivity contribution in [3.05, 3.63) is 0 Å². The van der Waals surface area contributed by atoms with Gasteiger partial charge in [0.1, 0.15) is 0 Å². The quantitative estimate of drug-likeness (QED) is 0.598. The van der Waals surface area contributed by atoms with Crippen LogP contribution in [0.3, 0.4) is 0 Å². The lowest BCUT2D eigenvalue weighted by Crippen LogP contribution is -2.31. The van der Waals surface area contributed by atoms with Gasteiger partial charge in [-0.15, -0.1) is 0 Å². The monoisotopic (exact) mass is 185 g/mol. The Bertz CT molecular complexity index is 121. The molecule has 1 unspecified atom stereocenters. The van der Waals surface area contributed by atoms with E-state index in [9.17, 15) is 0 Å². The second kappa shape index (κ2) is 4.07. The molecule has 2 saturated carbocycles. The maximum absolute atomic E-state index is 2.98. The van der Waals surface area contributed by atoms with Gasteiger partial charge in [0.2, 0.25) is 0 Å². The maximum Gasteiger partial charge on any atom is 0.0132 e. The fraction of sp³-hybridized carbons (Fsp3) is 1.00. The molecule has 0 aromatic heterocycles. The molecule has 0 spiro atoms. The molecule has 12 heavy (non-hydrogen) atoms. The molecule has 2 rings (SSSR count). The molecule has 0 aliphatic heterocycles. The highest BCUT2D eigenvalue weighted by Gasteiger charge is 2.27. The minimum absolute atomic E-state index is 0.901. The van der Waals surface area contributed by atoms with Gasteiger partial charge in [0.05, 0.1) is 0 Å². The van der Waals surface area contributed by atoms with Crippen LogP contribution in [0.25, 0.3) is 0 Å².